The van der Waals surface area contributed by atoms with Crippen LogP contribution >= 0.6 is 0 Å². The highest BCUT2D eigenvalue weighted by Crippen LogP contribution is 2.39. The minimum Gasteiger partial charge on any atom is -0.481 e. The van der Waals surface area contributed by atoms with E-state index in [2.05, 4.69) is 36.2 Å². The maximum Gasteiger partial charge on any atom is 0.315 e. The van der Waals surface area contributed by atoms with Gasteiger partial charge in [0.15, 0.2) is 0 Å². The Labute approximate surface area is 147 Å². The first kappa shape index (κ1) is 17.0. The molecule has 25 heavy (non-hydrogen) atoms. The van der Waals surface area contributed by atoms with Gasteiger partial charge < -0.3 is 9.52 Å². The number of aliphatic carboxylic acids is 1. The Balaban J connectivity index is 1.95. The predicted molar refractivity (Wildman–Crippen MR) is 95.5 cm³/mol. The average Bonchev–Trinajstić information content (AvgIpc) is 3.17. The van der Waals surface area contributed by atoms with Crippen molar-refractivity contribution < 1.29 is 14.3 Å². The molecule has 0 aliphatic heterocycles. The van der Waals surface area contributed by atoms with Crippen LogP contribution in [-0.2, 0) is 4.79 Å². The summed E-state index contributed by atoms with van der Waals surface area (Å²) in [5, 5.41) is 9.69. The number of benzene rings is 2. The highest BCUT2D eigenvalue weighted by atomic mass is 16.4. The molecule has 1 heterocycles. The molecule has 0 amide bonds. The SMILES string of the molecule is CC(c1ccccc1)C(CC(C(=O)O)c1ncco1)c1ccccc1. The van der Waals surface area contributed by atoms with Crippen LogP contribution in [0.4, 0.5) is 0 Å². The lowest BCUT2D eigenvalue weighted by Gasteiger charge is -2.27. The smallest absolute Gasteiger partial charge is 0.315 e. The van der Waals surface area contributed by atoms with Crippen LogP contribution in [0.25, 0.3) is 0 Å². The summed E-state index contributed by atoms with van der Waals surface area (Å²) in [6, 6.07) is 20.2. The molecule has 0 radical (unpaired) electrons. The molecule has 1 aromatic heterocycles. The lowest BCUT2D eigenvalue weighted by atomic mass is 9.77. The Kier molecular flexibility index (Phi) is 5.29. The van der Waals surface area contributed by atoms with Gasteiger partial charge in [-0.1, -0.05) is 67.6 Å². The van der Waals surface area contributed by atoms with Crippen LogP contribution in [-0.4, -0.2) is 16.1 Å². The zero-order valence-electron chi connectivity index (χ0n) is 14.1. The van der Waals surface area contributed by atoms with Gasteiger partial charge in [0, 0.05) is 0 Å². The quantitative estimate of drug-likeness (QED) is 0.672. The Morgan fingerprint density at radius 3 is 2.16 bits per heavy atom. The molecular formula is C21H21NO3. The third kappa shape index (κ3) is 3.97. The summed E-state index contributed by atoms with van der Waals surface area (Å²) < 4.78 is 5.29. The van der Waals surface area contributed by atoms with Crippen LogP contribution in [0.5, 0.6) is 0 Å². The number of hydrogen-bond donors (Lipinski definition) is 1. The Morgan fingerprint density at radius 1 is 1.04 bits per heavy atom. The first-order valence-electron chi connectivity index (χ1n) is 8.39. The van der Waals surface area contributed by atoms with E-state index in [1.807, 2.05) is 36.4 Å². The molecule has 0 fully saturated rings. The summed E-state index contributed by atoms with van der Waals surface area (Å²) in [6.07, 6.45) is 3.34. The molecule has 128 valence electrons. The van der Waals surface area contributed by atoms with E-state index in [0.717, 1.165) is 5.56 Å². The first-order valence-corrected chi connectivity index (χ1v) is 8.39. The van der Waals surface area contributed by atoms with Gasteiger partial charge >= 0.3 is 5.97 Å². The van der Waals surface area contributed by atoms with E-state index in [1.165, 1.54) is 18.0 Å². The summed E-state index contributed by atoms with van der Waals surface area (Å²) in [4.78, 5) is 15.9. The fraction of sp³-hybridized carbons (Fsp3) is 0.238. The van der Waals surface area contributed by atoms with E-state index >= 15 is 0 Å². The molecule has 4 heteroatoms. The lowest BCUT2D eigenvalue weighted by Crippen LogP contribution is -2.19. The Morgan fingerprint density at radius 2 is 1.64 bits per heavy atom. The van der Waals surface area contributed by atoms with Crippen LogP contribution in [0.2, 0.25) is 0 Å². The number of oxazole rings is 1. The van der Waals surface area contributed by atoms with Crippen LogP contribution in [0.3, 0.4) is 0 Å². The molecule has 4 nitrogen and oxygen atoms in total. The second-order valence-corrected chi connectivity index (χ2v) is 6.21. The highest BCUT2D eigenvalue weighted by molar-refractivity contribution is 5.74. The lowest BCUT2D eigenvalue weighted by molar-refractivity contribution is -0.139. The van der Waals surface area contributed by atoms with Gasteiger partial charge in [-0.2, -0.15) is 0 Å². The number of rotatable bonds is 7. The van der Waals surface area contributed by atoms with Crippen molar-refractivity contribution in [3.8, 4) is 0 Å². The minimum absolute atomic E-state index is 0.0385. The monoisotopic (exact) mass is 335 g/mol. The predicted octanol–water partition coefficient (Wildman–Crippen LogP) is 4.82. The third-order valence-electron chi connectivity index (χ3n) is 4.69. The van der Waals surface area contributed by atoms with Crippen molar-refractivity contribution in [2.24, 2.45) is 0 Å². The Hall–Kier alpha value is -2.88. The summed E-state index contributed by atoms with van der Waals surface area (Å²) in [5.74, 6) is -1.22. The van der Waals surface area contributed by atoms with Gasteiger partial charge in [-0.05, 0) is 29.4 Å². The number of aromatic nitrogens is 1. The summed E-state index contributed by atoms with van der Waals surface area (Å²) in [7, 11) is 0. The third-order valence-corrected chi connectivity index (χ3v) is 4.69. The van der Waals surface area contributed by atoms with Crippen molar-refractivity contribution in [3.63, 3.8) is 0 Å². The molecule has 0 saturated carbocycles. The summed E-state index contributed by atoms with van der Waals surface area (Å²) >= 11 is 0. The van der Waals surface area contributed by atoms with Crippen molar-refractivity contribution in [2.45, 2.75) is 31.1 Å². The van der Waals surface area contributed by atoms with Crippen LogP contribution in [0.1, 0.15) is 48.1 Å². The maximum absolute atomic E-state index is 11.8. The fourth-order valence-corrected chi connectivity index (χ4v) is 3.29. The van der Waals surface area contributed by atoms with Crippen LogP contribution in [0, 0.1) is 0 Å². The van der Waals surface area contributed by atoms with Crippen molar-refractivity contribution in [1.29, 1.82) is 0 Å². The topological polar surface area (TPSA) is 63.3 Å². The van der Waals surface area contributed by atoms with E-state index in [0.29, 0.717) is 6.42 Å². The second kappa shape index (κ2) is 7.79. The van der Waals surface area contributed by atoms with Gasteiger partial charge in [0.2, 0.25) is 5.89 Å². The zero-order chi connectivity index (χ0) is 17.6. The van der Waals surface area contributed by atoms with E-state index in [-0.39, 0.29) is 17.7 Å². The summed E-state index contributed by atoms with van der Waals surface area (Å²) in [6.45, 7) is 2.14. The molecule has 2 aromatic carbocycles. The highest BCUT2D eigenvalue weighted by Gasteiger charge is 2.31. The normalized spacial score (nSPS) is 14.6. The maximum atomic E-state index is 11.8. The van der Waals surface area contributed by atoms with Crippen LogP contribution < -0.4 is 0 Å². The zero-order valence-corrected chi connectivity index (χ0v) is 14.1. The van der Waals surface area contributed by atoms with Gasteiger partial charge in [0.1, 0.15) is 12.2 Å². The first-order chi connectivity index (χ1) is 12.2. The van der Waals surface area contributed by atoms with Crippen molar-refractivity contribution in [3.05, 3.63) is 90.1 Å². The largest absolute Gasteiger partial charge is 0.481 e. The number of carboxylic acids is 1. The molecule has 0 bridgehead atoms. The number of nitrogens with zero attached hydrogens (tertiary/aromatic N) is 1. The minimum atomic E-state index is -0.913. The van der Waals surface area contributed by atoms with Gasteiger partial charge in [-0.15, -0.1) is 0 Å². The molecular weight excluding hydrogens is 314 g/mol. The molecule has 0 aliphatic carbocycles. The molecule has 1 N–H and O–H groups in total. The summed E-state index contributed by atoms with van der Waals surface area (Å²) in [5.41, 5.74) is 2.31. The second-order valence-electron chi connectivity index (χ2n) is 6.21. The van der Waals surface area contributed by atoms with E-state index in [1.54, 1.807) is 0 Å². The number of carbonyl (C=O) groups is 1. The molecule has 3 aromatic rings. The molecule has 3 unspecified atom stereocenters. The van der Waals surface area contributed by atoms with E-state index in [4.69, 9.17) is 4.42 Å². The van der Waals surface area contributed by atoms with Gasteiger partial charge in [0.25, 0.3) is 0 Å². The molecule has 0 aliphatic rings. The van der Waals surface area contributed by atoms with Crippen molar-refractivity contribution >= 4 is 5.97 Å². The van der Waals surface area contributed by atoms with Crippen molar-refractivity contribution in [1.82, 2.24) is 4.98 Å². The molecule has 3 rings (SSSR count). The van der Waals surface area contributed by atoms with Gasteiger partial charge in [0.05, 0.1) is 6.20 Å². The van der Waals surface area contributed by atoms with Crippen molar-refractivity contribution in [2.75, 3.05) is 0 Å². The molecule has 0 saturated heterocycles. The number of carboxylic acid groups (broad SMARTS) is 1. The van der Waals surface area contributed by atoms with Crippen LogP contribution in [0.15, 0.2) is 77.5 Å². The number of hydrogen-bond acceptors (Lipinski definition) is 3. The molecule has 0 spiro atoms. The Bertz CT molecular complexity index is 785. The van der Waals surface area contributed by atoms with Gasteiger partial charge in [-0.3, -0.25) is 4.79 Å². The van der Waals surface area contributed by atoms with Gasteiger partial charge in [-0.25, -0.2) is 4.98 Å². The van der Waals surface area contributed by atoms with E-state index < -0.39 is 11.9 Å². The van der Waals surface area contributed by atoms with E-state index in [9.17, 15) is 9.90 Å². The fourth-order valence-electron chi connectivity index (χ4n) is 3.29. The standard InChI is InChI=1S/C21H21NO3/c1-15(16-8-4-2-5-9-16)18(17-10-6-3-7-11-17)14-19(21(23)24)20-22-12-13-25-20/h2-13,15,18-19H,14H2,1H3,(H,23,24). The average molecular weight is 335 g/mol. The molecule has 3 atom stereocenters.